The van der Waals surface area contributed by atoms with Crippen molar-refractivity contribution in [2.45, 2.75) is 65.2 Å². The van der Waals surface area contributed by atoms with Gasteiger partial charge in [0.25, 0.3) is 5.09 Å². The van der Waals surface area contributed by atoms with Crippen molar-refractivity contribution in [1.29, 1.82) is 0 Å². The van der Waals surface area contributed by atoms with Crippen molar-refractivity contribution in [3.63, 3.8) is 0 Å². The maximum atomic E-state index is 12.9. The molecule has 0 aromatic rings. The minimum Gasteiger partial charge on any atom is -0.456 e. The lowest BCUT2D eigenvalue weighted by atomic mass is 9.46. The molecule has 0 heterocycles. The molecule has 3 saturated carbocycles. The summed E-state index contributed by atoms with van der Waals surface area (Å²) < 4.78 is 4.94. The van der Waals surface area contributed by atoms with Crippen LogP contribution in [0.15, 0.2) is 11.6 Å². The minimum atomic E-state index is -1.06. The van der Waals surface area contributed by atoms with Crippen LogP contribution in [0.25, 0.3) is 0 Å². The largest absolute Gasteiger partial charge is 0.456 e. The third-order valence-electron chi connectivity index (χ3n) is 9.01. The molecule has 4 aliphatic carbocycles. The van der Waals surface area contributed by atoms with E-state index in [1.54, 1.807) is 0 Å². The molecule has 0 aliphatic heterocycles. The summed E-state index contributed by atoms with van der Waals surface area (Å²) in [5.41, 5.74) is 1.33. The highest BCUT2D eigenvalue weighted by molar-refractivity contribution is 5.91. The molecule has 0 radical (unpaired) electrons. The van der Waals surface area contributed by atoms with E-state index < -0.39 is 17.7 Å². The molecule has 0 spiro atoms. The number of Topliss-reactive ketones (excluding diaryl/α,β-unsaturated/α-hetero) is 1. The summed E-state index contributed by atoms with van der Waals surface area (Å²) in [6.07, 6.45) is 9.35. The Labute approximate surface area is 181 Å². The Balaban J connectivity index is 1.43. The van der Waals surface area contributed by atoms with E-state index >= 15 is 0 Å². The maximum absolute atomic E-state index is 12.9. The highest BCUT2D eigenvalue weighted by Crippen LogP contribution is 2.66. The summed E-state index contributed by atoms with van der Waals surface area (Å²) >= 11 is 0. The highest BCUT2D eigenvalue weighted by atomic mass is 17.0. The van der Waals surface area contributed by atoms with E-state index in [1.807, 2.05) is 6.08 Å². The monoisotopic (exact) mass is 433 g/mol. The molecule has 31 heavy (non-hydrogen) atoms. The van der Waals surface area contributed by atoms with Gasteiger partial charge in [-0.05, 0) is 79.6 Å². The molecule has 170 valence electrons. The molecule has 8 heteroatoms. The van der Waals surface area contributed by atoms with Crippen LogP contribution in [0.4, 0.5) is 0 Å². The van der Waals surface area contributed by atoms with Crippen LogP contribution < -0.4 is 0 Å². The lowest BCUT2D eigenvalue weighted by molar-refractivity contribution is -0.754. The second kappa shape index (κ2) is 8.02. The van der Waals surface area contributed by atoms with Crippen molar-refractivity contribution >= 4 is 17.5 Å². The Kier molecular flexibility index (Phi) is 5.68. The highest BCUT2D eigenvalue weighted by Gasteiger charge is 2.60. The van der Waals surface area contributed by atoms with Crippen LogP contribution in [0.5, 0.6) is 0 Å². The van der Waals surface area contributed by atoms with E-state index in [0.29, 0.717) is 24.2 Å². The Morgan fingerprint density at radius 2 is 1.87 bits per heavy atom. The van der Waals surface area contributed by atoms with E-state index in [4.69, 9.17) is 4.74 Å². The lowest BCUT2D eigenvalue weighted by Crippen LogP contribution is -2.51. The van der Waals surface area contributed by atoms with Crippen LogP contribution in [-0.2, 0) is 24.0 Å². The number of ether oxygens (including phenoxy) is 1. The first-order valence-corrected chi connectivity index (χ1v) is 11.3. The molecule has 0 bridgehead atoms. The molecule has 8 nitrogen and oxygen atoms in total. The Hall–Kier alpha value is -2.25. The summed E-state index contributed by atoms with van der Waals surface area (Å²) in [5.74, 6) is 0.692. The Morgan fingerprint density at radius 1 is 1.10 bits per heavy atom. The lowest BCUT2D eigenvalue weighted by Gasteiger charge is -2.58. The summed E-state index contributed by atoms with van der Waals surface area (Å²) in [6.45, 7) is 3.41. The van der Waals surface area contributed by atoms with Gasteiger partial charge in [-0.2, -0.15) is 0 Å². The number of fused-ring (bicyclic) bond motifs is 5. The van der Waals surface area contributed by atoms with Crippen molar-refractivity contribution in [2.75, 3.05) is 13.2 Å². The SMILES string of the molecule is C[C@]12CC[C@H]3[C@@H](CCC4=CC(=O)CC[C@@]43C)[C@@H]1CC[C@@H]2C(=O)COC(=O)CO[N+](=O)[O-]. The number of carbonyl (C=O) groups excluding carboxylic acids is 3. The van der Waals surface area contributed by atoms with E-state index in [-0.39, 0.29) is 34.9 Å². The molecule has 4 rings (SSSR count). The second-order valence-corrected chi connectivity index (χ2v) is 10.3. The predicted octanol–water partition coefficient (Wildman–Crippen LogP) is 3.46. The van der Waals surface area contributed by atoms with Gasteiger partial charge in [0.1, 0.15) is 6.61 Å². The van der Waals surface area contributed by atoms with Gasteiger partial charge < -0.3 is 9.57 Å². The van der Waals surface area contributed by atoms with E-state index in [1.165, 1.54) is 5.57 Å². The van der Waals surface area contributed by atoms with Crippen LogP contribution in [0, 0.1) is 44.6 Å². The van der Waals surface area contributed by atoms with E-state index in [9.17, 15) is 24.5 Å². The fraction of sp³-hybridized carbons (Fsp3) is 0.783. The van der Waals surface area contributed by atoms with Gasteiger partial charge >= 0.3 is 5.97 Å². The maximum Gasteiger partial charge on any atom is 0.332 e. The number of allylic oxidation sites excluding steroid dienone is 1. The topological polar surface area (TPSA) is 113 Å². The van der Waals surface area contributed by atoms with Crippen molar-refractivity contribution in [2.24, 2.45) is 34.5 Å². The van der Waals surface area contributed by atoms with E-state index in [0.717, 1.165) is 44.9 Å². The van der Waals surface area contributed by atoms with Crippen LogP contribution >= 0.6 is 0 Å². The van der Waals surface area contributed by atoms with Gasteiger partial charge in [0.2, 0.25) is 0 Å². The number of carbonyl (C=O) groups is 3. The summed E-state index contributed by atoms with van der Waals surface area (Å²) in [6, 6.07) is 0. The molecule has 3 fully saturated rings. The smallest absolute Gasteiger partial charge is 0.332 e. The summed E-state index contributed by atoms with van der Waals surface area (Å²) in [4.78, 5) is 50.7. The Morgan fingerprint density at radius 3 is 2.61 bits per heavy atom. The van der Waals surface area contributed by atoms with Gasteiger partial charge in [0.15, 0.2) is 18.2 Å². The molecular formula is C23H31NO7. The van der Waals surface area contributed by atoms with Gasteiger partial charge in [0, 0.05) is 12.3 Å². The molecule has 4 aliphatic rings. The predicted molar refractivity (Wildman–Crippen MR) is 109 cm³/mol. The van der Waals surface area contributed by atoms with Gasteiger partial charge in [0.05, 0.1) is 0 Å². The van der Waals surface area contributed by atoms with Crippen LogP contribution in [0.2, 0.25) is 0 Å². The number of esters is 1. The average molecular weight is 434 g/mol. The molecule has 0 unspecified atom stereocenters. The third kappa shape index (κ3) is 3.78. The summed E-state index contributed by atoms with van der Waals surface area (Å²) in [7, 11) is 0. The van der Waals surface area contributed by atoms with Gasteiger partial charge in [-0.1, -0.05) is 19.4 Å². The van der Waals surface area contributed by atoms with Crippen LogP contribution in [0.3, 0.4) is 0 Å². The first kappa shape index (κ1) is 22.0. The average Bonchev–Trinajstić information content (AvgIpc) is 3.08. The third-order valence-corrected chi connectivity index (χ3v) is 9.01. The number of rotatable bonds is 6. The van der Waals surface area contributed by atoms with Crippen LogP contribution in [-0.4, -0.2) is 35.8 Å². The normalized spacial score (nSPS) is 38.9. The number of hydrogen-bond acceptors (Lipinski definition) is 7. The molecule has 0 amide bonds. The zero-order valence-electron chi connectivity index (χ0n) is 18.3. The van der Waals surface area contributed by atoms with Gasteiger partial charge in [-0.3, -0.25) is 9.59 Å². The van der Waals surface area contributed by atoms with Gasteiger partial charge in [-0.25, -0.2) is 4.79 Å². The molecular weight excluding hydrogens is 402 g/mol. The fourth-order valence-corrected chi connectivity index (χ4v) is 7.49. The van der Waals surface area contributed by atoms with E-state index in [2.05, 4.69) is 18.7 Å². The first-order chi connectivity index (χ1) is 14.6. The minimum absolute atomic E-state index is 0.0937. The zero-order chi connectivity index (χ0) is 22.4. The van der Waals surface area contributed by atoms with Gasteiger partial charge in [-0.15, -0.1) is 10.1 Å². The molecule has 0 N–H and O–H groups in total. The molecule has 0 aromatic carbocycles. The number of nitrogens with zero attached hydrogens (tertiary/aromatic N) is 1. The molecule has 0 aromatic heterocycles. The van der Waals surface area contributed by atoms with Crippen molar-refractivity contribution in [3.05, 3.63) is 21.8 Å². The number of hydrogen-bond donors (Lipinski definition) is 0. The molecule has 6 atom stereocenters. The Bertz CT molecular complexity index is 836. The second-order valence-electron chi connectivity index (χ2n) is 10.3. The number of ketones is 2. The quantitative estimate of drug-likeness (QED) is 0.358. The van der Waals surface area contributed by atoms with Crippen molar-refractivity contribution in [3.8, 4) is 0 Å². The van der Waals surface area contributed by atoms with Crippen molar-refractivity contribution in [1.82, 2.24) is 0 Å². The van der Waals surface area contributed by atoms with Crippen molar-refractivity contribution < 1.29 is 29.0 Å². The zero-order valence-corrected chi connectivity index (χ0v) is 18.3. The fourth-order valence-electron chi connectivity index (χ4n) is 7.49. The standard InChI is InChI=1S/C23H31NO7/c1-22-9-7-15(25)11-14(22)3-4-16-17-5-6-19(23(17,2)10-8-18(16)22)20(26)12-30-21(27)13-31-24(28)29/h11,16-19H,3-10,12-13H2,1-2H3/t16-,17-,18-,19+,22-,23-/m0/s1. The van der Waals surface area contributed by atoms with Crippen LogP contribution in [0.1, 0.15) is 65.2 Å². The molecule has 0 saturated heterocycles. The summed E-state index contributed by atoms with van der Waals surface area (Å²) in [5, 5.41) is 9.12. The first-order valence-electron chi connectivity index (χ1n) is 11.3.